The number of hydrogen-bond donors (Lipinski definition) is 0. The molecule has 0 saturated carbocycles. The molecule has 0 atom stereocenters. The predicted molar refractivity (Wildman–Crippen MR) is 97.2 cm³/mol. The average Bonchev–Trinajstić information content (AvgIpc) is 2.86. The Bertz CT molecular complexity index is 762. The first-order valence-corrected chi connectivity index (χ1v) is 9.55. The summed E-state index contributed by atoms with van der Waals surface area (Å²) in [5, 5.41) is -0.456. The number of nitrogens with zero attached hydrogens (tertiary/aromatic N) is 2. The summed E-state index contributed by atoms with van der Waals surface area (Å²) in [7, 11) is 0. The van der Waals surface area contributed by atoms with Crippen LogP contribution in [-0.2, 0) is 9.59 Å². The van der Waals surface area contributed by atoms with Gasteiger partial charge in [0.05, 0.1) is 9.38 Å². The van der Waals surface area contributed by atoms with Gasteiger partial charge in [-0.05, 0) is 70.7 Å². The highest BCUT2D eigenvalue weighted by atomic mass is 79.9. The van der Waals surface area contributed by atoms with Gasteiger partial charge in [0.15, 0.2) is 0 Å². The van der Waals surface area contributed by atoms with Gasteiger partial charge in [-0.25, -0.2) is 4.39 Å². The highest BCUT2D eigenvalue weighted by Gasteiger charge is 2.37. The summed E-state index contributed by atoms with van der Waals surface area (Å²) in [6, 6.07) is 4.33. The molecular weight excluding hydrogens is 411 g/mol. The maximum Gasteiger partial charge on any atom is 0.294 e. The van der Waals surface area contributed by atoms with Gasteiger partial charge in [-0.1, -0.05) is 6.07 Å². The van der Waals surface area contributed by atoms with E-state index in [1.165, 1.54) is 24.3 Å². The van der Waals surface area contributed by atoms with Crippen LogP contribution in [0.15, 0.2) is 27.6 Å². The first-order valence-electron chi connectivity index (χ1n) is 7.94. The van der Waals surface area contributed by atoms with Crippen LogP contribution in [0.25, 0.3) is 6.08 Å². The monoisotopic (exact) mass is 426 g/mol. The second-order valence-electron chi connectivity index (χ2n) is 5.88. The van der Waals surface area contributed by atoms with Crippen molar-refractivity contribution < 1.29 is 18.8 Å². The third kappa shape index (κ3) is 4.12. The van der Waals surface area contributed by atoms with Crippen LogP contribution in [0.4, 0.5) is 9.18 Å². The van der Waals surface area contributed by atoms with E-state index in [2.05, 4.69) is 15.9 Å². The van der Waals surface area contributed by atoms with Crippen molar-refractivity contribution in [1.29, 1.82) is 0 Å². The molecule has 0 radical (unpaired) electrons. The van der Waals surface area contributed by atoms with E-state index in [1.54, 1.807) is 4.90 Å². The lowest BCUT2D eigenvalue weighted by atomic mass is 10.1. The molecule has 2 heterocycles. The van der Waals surface area contributed by atoms with Gasteiger partial charge in [0, 0.05) is 13.1 Å². The molecule has 3 amide bonds. The topological polar surface area (TPSA) is 57.7 Å². The van der Waals surface area contributed by atoms with Crippen LogP contribution in [0.1, 0.15) is 24.8 Å². The third-order valence-corrected chi connectivity index (χ3v) is 5.63. The van der Waals surface area contributed by atoms with Crippen molar-refractivity contribution in [3.63, 3.8) is 0 Å². The fourth-order valence-electron chi connectivity index (χ4n) is 2.77. The number of benzene rings is 1. The van der Waals surface area contributed by atoms with Crippen LogP contribution in [0.3, 0.4) is 0 Å². The summed E-state index contributed by atoms with van der Waals surface area (Å²) in [5.74, 6) is -1.09. The first-order chi connectivity index (χ1) is 12.0. The van der Waals surface area contributed by atoms with Gasteiger partial charge < -0.3 is 4.90 Å². The number of thioether (sulfide) groups is 1. The lowest BCUT2D eigenvalue weighted by molar-refractivity contribution is -0.136. The molecule has 2 saturated heterocycles. The number of rotatable bonds is 3. The molecule has 2 aliphatic heterocycles. The SMILES string of the molecule is O=C(CN1C(=O)S/C(=C\c2ccc(F)c(Br)c2)C1=O)N1CCCCC1. The molecule has 25 heavy (non-hydrogen) atoms. The van der Waals surface area contributed by atoms with E-state index in [9.17, 15) is 18.8 Å². The molecule has 132 valence electrons. The smallest absolute Gasteiger partial charge is 0.294 e. The Hall–Kier alpha value is -1.67. The van der Waals surface area contributed by atoms with E-state index in [4.69, 9.17) is 0 Å². The zero-order chi connectivity index (χ0) is 18.0. The summed E-state index contributed by atoms with van der Waals surface area (Å²) >= 11 is 3.88. The van der Waals surface area contributed by atoms with Gasteiger partial charge >= 0.3 is 0 Å². The molecule has 0 aliphatic carbocycles. The lowest BCUT2D eigenvalue weighted by Gasteiger charge is -2.27. The van der Waals surface area contributed by atoms with Crippen molar-refractivity contribution in [2.75, 3.05) is 19.6 Å². The van der Waals surface area contributed by atoms with Gasteiger partial charge in [-0.15, -0.1) is 0 Å². The Kier molecular flexibility index (Phi) is 5.58. The molecule has 0 N–H and O–H groups in total. The molecule has 2 aliphatic rings. The Balaban J connectivity index is 1.72. The number of hydrogen-bond acceptors (Lipinski definition) is 4. The summed E-state index contributed by atoms with van der Waals surface area (Å²) in [6.45, 7) is 1.12. The number of piperidine rings is 1. The van der Waals surface area contributed by atoms with Gasteiger partial charge in [-0.2, -0.15) is 0 Å². The summed E-state index contributed by atoms with van der Waals surface area (Å²) < 4.78 is 13.6. The van der Waals surface area contributed by atoms with Gasteiger partial charge in [0.2, 0.25) is 5.91 Å². The van der Waals surface area contributed by atoms with E-state index >= 15 is 0 Å². The molecule has 0 spiro atoms. The standard InChI is InChI=1S/C17H16BrFN2O3S/c18-12-8-11(4-5-13(12)19)9-14-16(23)21(17(24)25-14)10-15(22)20-6-2-1-3-7-20/h4-5,8-9H,1-3,6-7,10H2/b14-9-. The quantitative estimate of drug-likeness (QED) is 0.692. The summed E-state index contributed by atoms with van der Waals surface area (Å²) in [4.78, 5) is 39.8. The van der Waals surface area contributed by atoms with Gasteiger partial charge in [0.25, 0.3) is 11.1 Å². The molecule has 0 bridgehead atoms. The number of amides is 3. The van der Waals surface area contributed by atoms with Crippen LogP contribution < -0.4 is 0 Å². The number of carbonyl (C=O) groups excluding carboxylic acids is 3. The Morgan fingerprint density at radius 1 is 1.24 bits per heavy atom. The minimum Gasteiger partial charge on any atom is -0.341 e. The van der Waals surface area contributed by atoms with Crippen molar-refractivity contribution in [3.05, 3.63) is 39.0 Å². The number of carbonyl (C=O) groups is 3. The third-order valence-electron chi connectivity index (χ3n) is 4.12. The van der Waals surface area contributed by atoms with E-state index in [1.807, 2.05) is 0 Å². The number of halogens is 2. The fraction of sp³-hybridized carbons (Fsp3) is 0.353. The van der Waals surface area contributed by atoms with E-state index in [-0.39, 0.29) is 21.8 Å². The first kappa shape index (κ1) is 18.1. The Morgan fingerprint density at radius 3 is 2.64 bits per heavy atom. The Labute approximate surface area is 157 Å². The van der Waals surface area contributed by atoms with Gasteiger partial charge in [0.1, 0.15) is 12.4 Å². The average molecular weight is 427 g/mol. The molecule has 2 fully saturated rings. The maximum absolute atomic E-state index is 13.3. The van der Waals surface area contributed by atoms with Crippen LogP contribution in [-0.4, -0.2) is 46.5 Å². The predicted octanol–water partition coefficient (Wildman–Crippen LogP) is 3.64. The second kappa shape index (κ2) is 7.70. The van der Waals surface area contributed by atoms with Crippen molar-refractivity contribution >= 4 is 50.8 Å². The van der Waals surface area contributed by atoms with E-state index in [0.29, 0.717) is 18.7 Å². The Morgan fingerprint density at radius 2 is 1.96 bits per heavy atom. The zero-order valence-electron chi connectivity index (χ0n) is 13.3. The second-order valence-corrected chi connectivity index (χ2v) is 7.73. The highest BCUT2D eigenvalue weighted by molar-refractivity contribution is 9.10. The van der Waals surface area contributed by atoms with Gasteiger partial charge in [-0.3, -0.25) is 19.3 Å². The van der Waals surface area contributed by atoms with E-state index < -0.39 is 17.0 Å². The normalized spacial score (nSPS) is 19.8. The fourth-order valence-corrected chi connectivity index (χ4v) is 4.00. The minimum absolute atomic E-state index is 0.201. The molecule has 1 aromatic carbocycles. The number of imide groups is 1. The molecule has 3 rings (SSSR count). The van der Waals surface area contributed by atoms with Crippen LogP contribution in [0, 0.1) is 5.82 Å². The summed E-state index contributed by atoms with van der Waals surface area (Å²) in [5.41, 5.74) is 0.598. The van der Waals surface area contributed by atoms with Crippen molar-refractivity contribution in [2.45, 2.75) is 19.3 Å². The highest BCUT2D eigenvalue weighted by Crippen LogP contribution is 2.32. The van der Waals surface area contributed by atoms with Crippen LogP contribution in [0.2, 0.25) is 0 Å². The molecule has 1 aromatic rings. The summed E-state index contributed by atoms with van der Waals surface area (Å²) in [6.07, 6.45) is 4.53. The largest absolute Gasteiger partial charge is 0.341 e. The van der Waals surface area contributed by atoms with Crippen molar-refractivity contribution in [3.8, 4) is 0 Å². The van der Waals surface area contributed by atoms with E-state index in [0.717, 1.165) is 35.9 Å². The molecule has 8 heteroatoms. The minimum atomic E-state index is -0.485. The lowest BCUT2D eigenvalue weighted by Crippen LogP contribution is -2.44. The van der Waals surface area contributed by atoms with Crippen molar-refractivity contribution in [1.82, 2.24) is 9.80 Å². The molecular formula is C17H16BrFN2O3S. The molecule has 5 nitrogen and oxygen atoms in total. The molecule has 0 unspecified atom stereocenters. The molecule has 0 aromatic heterocycles. The van der Waals surface area contributed by atoms with Crippen LogP contribution >= 0.6 is 27.7 Å². The zero-order valence-corrected chi connectivity index (χ0v) is 15.7. The van der Waals surface area contributed by atoms with Crippen LogP contribution in [0.5, 0.6) is 0 Å². The number of likely N-dealkylation sites (tertiary alicyclic amines) is 1. The maximum atomic E-state index is 13.3. The van der Waals surface area contributed by atoms with Crippen molar-refractivity contribution in [2.24, 2.45) is 0 Å².